The molecule has 30 heavy (non-hydrogen) atoms. The van der Waals surface area contributed by atoms with Crippen molar-refractivity contribution < 1.29 is 0 Å². The van der Waals surface area contributed by atoms with Gasteiger partial charge in [0.25, 0.3) is 0 Å². The van der Waals surface area contributed by atoms with Crippen LogP contribution in [0.25, 0.3) is 21.1 Å². The Hall–Kier alpha value is -2.38. The third-order valence-electron chi connectivity index (χ3n) is 5.25. The zero-order valence-corrected chi connectivity index (χ0v) is 18.8. The Morgan fingerprint density at radius 3 is 2.93 bits per heavy atom. The van der Waals surface area contributed by atoms with E-state index >= 15 is 0 Å². The highest BCUT2D eigenvalue weighted by molar-refractivity contribution is 7.22. The molecule has 0 radical (unpaired) electrons. The fourth-order valence-electron chi connectivity index (χ4n) is 4.05. The van der Waals surface area contributed by atoms with Crippen LogP contribution in [0.5, 0.6) is 0 Å². The molecule has 2 aromatic heterocycles. The molecule has 7 heteroatoms. The summed E-state index contributed by atoms with van der Waals surface area (Å²) in [6, 6.07) is 12.4. The molecule has 1 aliphatic heterocycles. The summed E-state index contributed by atoms with van der Waals surface area (Å²) < 4.78 is 1.23. The standard InChI is InChI=1S/C20H20ClN5S.C3H6/c1-11-2-4-16-18(6-11)27-20(25-16)26-9-12(8-23-22)19-14-7-13(21)3-5-15(14)24-17(19)10-26;1-3-2/h2-7,12,23-24H,8-10,22H2,1H3;3H,1H2,2H3. The lowest BCUT2D eigenvalue weighted by Crippen LogP contribution is -2.39. The van der Waals surface area contributed by atoms with E-state index in [1.165, 1.54) is 26.9 Å². The number of hydrogen-bond acceptors (Lipinski definition) is 5. The average Bonchev–Trinajstić information content (AvgIpc) is 3.29. The largest absolute Gasteiger partial charge is 0.357 e. The molecule has 0 amide bonds. The summed E-state index contributed by atoms with van der Waals surface area (Å²) in [6.45, 7) is 9.74. The van der Waals surface area contributed by atoms with E-state index in [1.807, 2.05) is 25.1 Å². The number of fused-ring (bicyclic) bond motifs is 4. The molecule has 0 bridgehead atoms. The summed E-state index contributed by atoms with van der Waals surface area (Å²) in [5, 5.41) is 3.00. The number of aromatic amines is 1. The zero-order chi connectivity index (χ0) is 21.3. The zero-order valence-electron chi connectivity index (χ0n) is 17.2. The van der Waals surface area contributed by atoms with Crippen molar-refractivity contribution in [2.24, 2.45) is 5.84 Å². The Bertz CT molecular complexity index is 1200. The molecule has 0 aliphatic carbocycles. The van der Waals surface area contributed by atoms with Gasteiger partial charge in [-0.1, -0.05) is 35.1 Å². The monoisotopic (exact) mass is 439 g/mol. The first-order chi connectivity index (χ1) is 14.5. The van der Waals surface area contributed by atoms with Crippen molar-refractivity contribution in [1.82, 2.24) is 15.4 Å². The fraction of sp³-hybridized carbons (Fsp3) is 0.261. The molecule has 156 valence electrons. The number of H-pyrrole nitrogens is 1. The number of aryl methyl sites for hydroxylation is 1. The van der Waals surface area contributed by atoms with Crippen molar-refractivity contribution in [2.45, 2.75) is 26.3 Å². The molecule has 1 aliphatic rings. The van der Waals surface area contributed by atoms with Crippen LogP contribution in [-0.4, -0.2) is 23.1 Å². The van der Waals surface area contributed by atoms with Crippen molar-refractivity contribution in [2.75, 3.05) is 18.0 Å². The molecule has 4 aromatic rings. The quantitative estimate of drug-likeness (QED) is 0.224. The first kappa shape index (κ1) is 20.9. The number of hydrogen-bond donors (Lipinski definition) is 3. The van der Waals surface area contributed by atoms with Gasteiger partial charge in [0.05, 0.1) is 16.8 Å². The Morgan fingerprint density at radius 1 is 1.37 bits per heavy atom. The van der Waals surface area contributed by atoms with Gasteiger partial charge < -0.3 is 9.88 Å². The van der Waals surface area contributed by atoms with Crippen LogP contribution in [0.1, 0.15) is 29.7 Å². The van der Waals surface area contributed by atoms with E-state index in [0.29, 0.717) is 6.54 Å². The normalized spacial score (nSPS) is 15.7. The predicted octanol–water partition coefficient (Wildman–Crippen LogP) is 5.50. The van der Waals surface area contributed by atoms with E-state index in [2.05, 4.69) is 47.0 Å². The van der Waals surface area contributed by atoms with Gasteiger partial charge in [0, 0.05) is 40.6 Å². The highest BCUT2D eigenvalue weighted by Crippen LogP contribution is 2.39. The number of anilines is 1. The maximum absolute atomic E-state index is 6.25. The first-order valence-corrected chi connectivity index (χ1v) is 11.2. The Balaban J connectivity index is 0.000000687. The first-order valence-electron chi connectivity index (χ1n) is 9.96. The molecule has 1 unspecified atom stereocenters. The number of nitrogens with one attached hydrogen (secondary N) is 2. The summed E-state index contributed by atoms with van der Waals surface area (Å²) in [6.07, 6.45) is 1.75. The Labute approximate surface area is 185 Å². The SMILES string of the molecule is C=CC.Cc1ccc2nc(N3Cc4[nH]c5ccc(Cl)cc5c4C(CNN)C3)sc2c1. The number of thiazole rings is 1. The molecule has 0 fully saturated rings. The van der Waals surface area contributed by atoms with E-state index in [1.54, 1.807) is 17.4 Å². The van der Waals surface area contributed by atoms with Crippen molar-refractivity contribution in [3.8, 4) is 0 Å². The average molecular weight is 440 g/mol. The van der Waals surface area contributed by atoms with Gasteiger partial charge in [-0.2, -0.15) is 0 Å². The van der Waals surface area contributed by atoms with Gasteiger partial charge in [0.15, 0.2) is 5.13 Å². The van der Waals surface area contributed by atoms with Gasteiger partial charge in [0.2, 0.25) is 0 Å². The minimum absolute atomic E-state index is 0.264. The molecule has 4 N–H and O–H groups in total. The predicted molar refractivity (Wildman–Crippen MR) is 130 cm³/mol. The topological polar surface area (TPSA) is 70.0 Å². The number of nitrogens with two attached hydrogens (primary N) is 1. The van der Waals surface area contributed by atoms with Crippen LogP contribution in [0, 0.1) is 6.92 Å². The summed E-state index contributed by atoms with van der Waals surface area (Å²) in [4.78, 5) is 10.8. The molecule has 2 aromatic carbocycles. The molecule has 3 heterocycles. The van der Waals surface area contributed by atoms with E-state index in [0.717, 1.165) is 34.3 Å². The molecule has 1 atom stereocenters. The lowest BCUT2D eigenvalue weighted by molar-refractivity contribution is 0.552. The summed E-state index contributed by atoms with van der Waals surface area (Å²) >= 11 is 8.00. The number of nitrogens with zero attached hydrogens (tertiary/aromatic N) is 2. The molecular formula is C23H26ClN5S. The van der Waals surface area contributed by atoms with Crippen LogP contribution in [-0.2, 0) is 6.54 Å². The lowest BCUT2D eigenvalue weighted by atomic mass is 9.92. The van der Waals surface area contributed by atoms with Crippen LogP contribution in [0.3, 0.4) is 0 Å². The summed E-state index contributed by atoms with van der Waals surface area (Å²) in [5.41, 5.74) is 8.84. The van der Waals surface area contributed by atoms with Crippen molar-refractivity contribution in [1.29, 1.82) is 0 Å². The van der Waals surface area contributed by atoms with Gasteiger partial charge in [-0.05, 0) is 55.3 Å². The number of hydrazine groups is 1. The van der Waals surface area contributed by atoms with E-state index in [-0.39, 0.29) is 5.92 Å². The molecular weight excluding hydrogens is 414 g/mol. The van der Waals surface area contributed by atoms with Crippen molar-refractivity contribution in [3.63, 3.8) is 0 Å². The molecule has 0 saturated heterocycles. The highest BCUT2D eigenvalue weighted by atomic mass is 35.5. The van der Waals surface area contributed by atoms with Gasteiger partial charge in [0.1, 0.15) is 0 Å². The second kappa shape index (κ2) is 8.78. The maximum Gasteiger partial charge on any atom is 0.186 e. The summed E-state index contributed by atoms with van der Waals surface area (Å²) in [7, 11) is 0. The summed E-state index contributed by atoms with van der Waals surface area (Å²) in [5.74, 6) is 5.97. The van der Waals surface area contributed by atoms with Gasteiger partial charge in [-0.15, -0.1) is 6.58 Å². The molecule has 5 nitrogen and oxygen atoms in total. The number of rotatable bonds is 3. The van der Waals surface area contributed by atoms with E-state index < -0.39 is 0 Å². The van der Waals surface area contributed by atoms with Crippen molar-refractivity contribution >= 4 is 49.2 Å². The number of halogens is 1. The minimum atomic E-state index is 0.264. The third-order valence-corrected chi connectivity index (χ3v) is 6.56. The van der Waals surface area contributed by atoms with Crippen LogP contribution in [0.4, 0.5) is 5.13 Å². The molecule has 5 rings (SSSR count). The second-order valence-corrected chi connectivity index (χ2v) is 9.01. The van der Waals surface area contributed by atoms with Crippen LogP contribution >= 0.6 is 22.9 Å². The molecule has 0 saturated carbocycles. The van der Waals surface area contributed by atoms with Gasteiger partial charge >= 0.3 is 0 Å². The lowest BCUT2D eigenvalue weighted by Gasteiger charge is -2.32. The Morgan fingerprint density at radius 2 is 2.17 bits per heavy atom. The second-order valence-electron chi connectivity index (χ2n) is 7.57. The smallest absolute Gasteiger partial charge is 0.186 e. The van der Waals surface area contributed by atoms with Crippen LogP contribution in [0.15, 0.2) is 49.1 Å². The van der Waals surface area contributed by atoms with E-state index in [4.69, 9.17) is 22.4 Å². The maximum atomic E-state index is 6.25. The Kier molecular flexibility index (Phi) is 6.11. The van der Waals surface area contributed by atoms with Gasteiger partial charge in [-0.3, -0.25) is 11.3 Å². The number of allylic oxidation sites excluding steroid dienone is 1. The minimum Gasteiger partial charge on any atom is -0.357 e. The molecule has 0 spiro atoms. The van der Waals surface area contributed by atoms with Gasteiger partial charge in [-0.25, -0.2) is 4.98 Å². The van der Waals surface area contributed by atoms with Crippen molar-refractivity contribution in [3.05, 3.63) is 70.9 Å². The third kappa shape index (κ3) is 3.96. The highest BCUT2D eigenvalue weighted by Gasteiger charge is 2.30. The van der Waals surface area contributed by atoms with Crippen LogP contribution < -0.4 is 16.2 Å². The van der Waals surface area contributed by atoms with E-state index in [9.17, 15) is 0 Å². The number of aromatic nitrogens is 2. The number of benzene rings is 2. The van der Waals surface area contributed by atoms with Crippen LogP contribution in [0.2, 0.25) is 5.02 Å². The fourth-order valence-corrected chi connectivity index (χ4v) is 5.30.